The molecule has 0 aliphatic rings. The van der Waals surface area contributed by atoms with Gasteiger partial charge in [-0.15, -0.1) is 0 Å². The molecule has 0 radical (unpaired) electrons. The molecule has 5 nitrogen and oxygen atoms in total. The maximum absolute atomic E-state index is 12.5. The molecule has 1 heterocycles. The summed E-state index contributed by atoms with van der Waals surface area (Å²) >= 11 is 0. The van der Waals surface area contributed by atoms with Crippen LogP contribution >= 0.6 is 0 Å². The molecule has 0 atom stereocenters. The highest BCUT2D eigenvalue weighted by Crippen LogP contribution is 2.19. The van der Waals surface area contributed by atoms with E-state index in [0.717, 1.165) is 24.3 Å². The number of ketones is 1. The Bertz CT molecular complexity index is 811. The second-order valence-electron chi connectivity index (χ2n) is 5.61. The number of benzene rings is 2. The fraction of sp³-hybridized carbons (Fsp3) is 0.200. The summed E-state index contributed by atoms with van der Waals surface area (Å²) < 4.78 is 10.9. The van der Waals surface area contributed by atoms with Crippen LogP contribution in [-0.4, -0.2) is 29.5 Å². The molecule has 25 heavy (non-hydrogen) atoms. The van der Waals surface area contributed by atoms with Gasteiger partial charge in [0.2, 0.25) is 0 Å². The lowest BCUT2D eigenvalue weighted by Gasteiger charge is -2.07. The van der Waals surface area contributed by atoms with Gasteiger partial charge in [0, 0.05) is 23.0 Å². The Hall–Kier alpha value is -3.08. The van der Waals surface area contributed by atoms with Crippen molar-refractivity contribution >= 4 is 5.78 Å². The van der Waals surface area contributed by atoms with E-state index in [1.54, 1.807) is 37.7 Å². The Morgan fingerprint density at radius 3 is 2.64 bits per heavy atom. The molecule has 0 unspecified atom stereocenters. The van der Waals surface area contributed by atoms with Crippen LogP contribution in [0.1, 0.15) is 28.0 Å². The van der Waals surface area contributed by atoms with Crippen molar-refractivity contribution in [1.82, 2.24) is 9.97 Å². The number of hydrogen-bond acceptors (Lipinski definition) is 4. The molecule has 3 aromatic rings. The highest BCUT2D eigenvalue weighted by atomic mass is 16.5. The minimum Gasteiger partial charge on any atom is -0.497 e. The van der Waals surface area contributed by atoms with Crippen LogP contribution in [0.2, 0.25) is 0 Å². The molecule has 128 valence electrons. The molecule has 0 fully saturated rings. The molecule has 5 heteroatoms. The van der Waals surface area contributed by atoms with Gasteiger partial charge in [0.15, 0.2) is 5.78 Å². The van der Waals surface area contributed by atoms with E-state index in [-0.39, 0.29) is 5.78 Å². The second kappa shape index (κ2) is 8.15. The number of methoxy groups -OCH3 is 1. The summed E-state index contributed by atoms with van der Waals surface area (Å²) in [5, 5.41) is 0. The molecule has 1 N–H and O–H groups in total. The highest BCUT2D eigenvalue weighted by molar-refractivity contribution is 6.09. The van der Waals surface area contributed by atoms with Crippen LogP contribution in [-0.2, 0) is 6.42 Å². The number of aryl methyl sites for hydroxylation is 1. The number of carbonyl (C=O) groups is 1. The first-order chi connectivity index (χ1) is 12.3. The summed E-state index contributed by atoms with van der Waals surface area (Å²) in [5.74, 6) is 1.39. The first-order valence-corrected chi connectivity index (χ1v) is 8.15. The van der Waals surface area contributed by atoms with Crippen LogP contribution in [0.4, 0.5) is 0 Å². The van der Waals surface area contributed by atoms with E-state index < -0.39 is 0 Å². The fourth-order valence-electron chi connectivity index (χ4n) is 2.51. The maximum atomic E-state index is 12.5. The summed E-state index contributed by atoms with van der Waals surface area (Å²) in [6.45, 7) is 0.613. The number of rotatable bonds is 8. The zero-order valence-electron chi connectivity index (χ0n) is 14.1. The smallest absolute Gasteiger partial charge is 0.193 e. The lowest BCUT2D eigenvalue weighted by molar-refractivity contribution is 0.103. The normalized spacial score (nSPS) is 10.4. The molecule has 0 spiro atoms. The summed E-state index contributed by atoms with van der Waals surface area (Å²) in [5.41, 5.74) is 2.33. The van der Waals surface area contributed by atoms with Gasteiger partial charge in [0.25, 0.3) is 0 Å². The van der Waals surface area contributed by atoms with Crippen molar-refractivity contribution in [2.75, 3.05) is 13.7 Å². The molecule has 3 rings (SSSR count). The van der Waals surface area contributed by atoms with Crippen LogP contribution in [0, 0.1) is 0 Å². The first kappa shape index (κ1) is 16.8. The summed E-state index contributed by atoms with van der Waals surface area (Å²) in [6, 6.07) is 14.4. The number of ether oxygens (including phenoxy) is 2. The quantitative estimate of drug-likeness (QED) is 0.504. The molecule has 0 aliphatic carbocycles. The van der Waals surface area contributed by atoms with Crippen LogP contribution in [0.3, 0.4) is 0 Å². The Labute approximate surface area is 146 Å². The van der Waals surface area contributed by atoms with E-state index in [1.807, 2.05) is 30.5 Å². The van der Waals surface area contributed by atoms with Crippen molar-refractivity contribution in [3.05, 3.63) is 77.9 Å². The van der Waals surface area contributed by atoms with Crippen LogP contribution < -0.4 is 9.47 Å². The van der Waals surface area contributed by atoms with Gasteiger partial charge in [-0.1, -0.05) is 12.1 Å². The average molecular weight is 336 g/mol. The van der Waals surface area contributed by atoms with Gasteiger partial charge in [-0.2, -0.15) is 0 Å². The van der Waals surface area contributed by atoms with E-state index in [9.17, 15) is 4.79 Å². The number of aromatic amines is 1. The molecule has 0 amide bonds. The van der Waals surface area contributed by atoms with Crippen molar-refractivity contribution in [2.45, 2.75) is 12.8 Å². The van der Waals surface area contributed by atoms with E-state index in [4.69, 9.17) is 9.47 Å². The molecule has 2 aromatic carbocycles. The minimum atomic E-state index is -0.0373. The Kier molecular flexibility index (Phi) is 5.46. The highest BCUT2D eigenvalue weighted by Gasteiger charge is 2.10. The molecular weight excluding hydrogens is 316 g/mol. The number of hydrogen-bond donors (Lipinski definition) is 1. The van der Waals surface area contributed by atoms with E-state index in [2.05, 4.69) is 9.97 Å². The molecule has 0 saturated heterocycles. The van der Waals surface area contributed by atoms with Gasteiger partial charge in [0.1, 0.15) is 11.5 Å². The van der Waals surface area contributed by atoms with Gasteiger partial charge in [0.05, 0.1) is 20.0 Å². The van der Waals surface area contributed by atoms with E-state index >= 15 is 0 Å². The Balaban J connectivity index is 1.55. The van der Waals surface area contributed by atoms with Gasteiger partial charge in [-0.05, 0) is 49.2 Å². The summed E-state index contributed by atoms with van der Waals surface area (Å²) in [4.78, 5) is 19.6. The van der Waals surface area contributed by atoms with E-state index in [0.29, 0.717) is 23.5 Å². The van der Waals surface area contributed by atoms with Gasteiger partial charge in [-0.3, -0.25) is 4.79 Å². The van der Waals surface area contributed by atoms with Crippen molar-refractivity contribution in [2.24, 2.45) is 0 Å². The Morgan fingerprint density at radius 1 is 1.08 bits per heavy atom. The number of carbonyl (C=O) groups excluding carboxylic acids is 1. The minimum absolute atomic E-state index is 0.0373. The van der Waals surface area contributed by atoms with E-state index in [1.165, 1.54) is 0 Å². The third kappa shape index (κ3) is 4.47. The maximum Gasteiger partial charge on any atom is 0.193 e. The molecule has 0 saturated carbocycles. The zero-order valence-corrected chi connectivity index (χ0v) is 14.1. The third-order valence-corrected chi connectivity index (χ3v) is 3.86. The predicted molar refractivity (Wildman–Crippen MR) is 95.3 cm³/mol. The van der Waals surface area contributed by atoms with Crippen LogP contribution in [0.15, 0.2) is 61.1 Å². The number of nitrogens with zero attached hydrogens (tertiary/aromatic N) is 1. The largest absolute Gasteiger partial charge is 0.497 e. The van der Waals surface area contributed by atoms with Crippen molar-refractivity contribution < 1.29 is 14.3 Å². The van der Waals surface area contributed by atoms with Crippen molar-refractivity contribution in [3.8, 4) is 11.5 Å². The van der Waals surface area contributed by atoms with Crippen LogP contribution in [0.5, 0.6) is 11.5 Å². The molecule has 0 aliphatic heterocycles. The summed E-state index contributed by atoms with van der Waals surface area (Å²) in [6.07, 6.45) is 5.28. The summed E-state index contributed by atoms with van der Waals surface area (Å²) in [7, 11) is 1.59. The second-order valence-corrected chi connectivity index (χ2v) is 5.61. The topological polar surface area (TPSA) is 64.2 Å². The zero-order chi connectivity index (χ0) is 17.5. The SMILES string of the molecule is COc1cccc(C(=O)c2ccc(OCCCc3cnc[nH]3)cc2)c1. The molecule has 0 bridgehead atoms. The van der Waals surface area contributed by atoms with Gasteiger partial charge >= 0.3 is 0 Å². The number of aromatic nitrogens is 2. The fourth-order valence-corrected chi connectivity index (χ4v) is 2.51. The number of imidazole rings is 1. The van der Waals surface area contributed by atoms with Gasteiger partial charge in [-0.25, -0.2) is 4.98 Å². The van der Waals surface area contributed by atoms with Crippen molar-refractivity contribution in [3.63, 3.8) is 0 Å². The van der Waals surface area contributed by atoms with Crippen LogP contribution in [0.25, 0.3) is 0 Å². The first-order valence-electron chi connectivity index (χ1n) is 8.15. The lowest BCUT2D eigenvalue weighted by atomic mass is 10.0. The van der Waals surface area contributed by atoms with Crippen molar-refractivity contribution in [1.29, 1.82) is 0 Å². The van der Waals surface area contributed by atoms with Gasteiger partial charge < -0.3 is 14.5 Å². The Morgan fingerprint density at radius 2 is 1.92 bits per heavy atom. The average Bonchev–Trinajstić information content (AvgIpc) is 3.19. The predicted octanol–water partition coefficient (Wildman–Crippen LogP) is 3.66. The molecular formula is C20H20N2O3. The lowest BCUT2D eigenvalue weighted by Crippen LogP contribution is -2.03. The molecule has 1 aromatic heterocycles. The number of nitrogens with one attached hydrogen (secondary N) is 1. The third-order valence-electron chi connectivity index (χ3n) is 3.86. The monoisotopic (exact) mass is 336 g/mol. The standard InChI is InChI=1S/C20H20N2O3/c1-24-19-6-2-4-16(12-19)20(23)15-7-9-18(10-8-15)25-11-3-5-17-13-21-14-22-17/h2,4,6-10,12-14H,3,5,11H2,1H3,(H,21,22). The number of H-pyrrole nitrogens is 1.